The van der Waals surface area contributed by atoms with E-state index in [0.29, 0.717) is 5.75 Å². The van der Waals surface area contributed by atoms with Gasteiger partial charge in [0, 0.05) is 27.7 Å². The van der Waals surface area contributed by atoms with Crippen molar-refractivity contribution in [1.82, 2.24) is 0 Å². The maximum atomic E-state index is 11.8. The Morgan fingerprint density at radius 1 is 0.811 bits per heavy atom. The quantitative estimate of drug-likeness (QED) is 0.242. The first kappa shape index (κ1) is 29.0. The molecule has 0 aliphatic carbocycles. The highest BCUT2D eigenvalue weighted by atomic mass is 16.7. The van der Waals surface area contributed by atoms with Crippen molar-refractivity contribution in [3.8, 4) is 17.9 Å². The Bertz CT molecular complexity index is 1090. The lowest BCUT2D eigenvalue weighted by Crippen LogP contribution is -2.63. The molecular weight excluding hydrogens is 492 g/mol. The van der Waals surface area contributed by atoms with Crippen LogP contribution in [-0.4, -0.2) is 74.4 Å². The van der Waals surface area contributed by atoms with Gasteiger partial charge >= 0.3 is 23.9 Å². The summed E-state index contributed by atoms with van der Waals surface area (Å²) in [5.41, 5.74) is 0.337. The van der Waals surface area contributed by atoms with Gasteiger partial charge in [-0.25, -0.2) is 0 Å². The number of benzene rings is 1. The second kappa shape index (κ2) is 13.8. The van der Waals surface area contributed by atoms with E-state index >= 15 is 0 Å². The third kappa shape index (κ3) is 8.75. The fraction of sp³-hybridized carbons (Fsp3) is 0.500. The Labute approximate surface area is 212 Å². The summed E-state index contributed by atoms with van der Waals surface area (Å²) in [6.07, 6.45) is -6.45. The van der Waals surface area contributed by atoms with Crippen molar-refractivity contribution in [1.29, 1.82) is 10.5 Å². The molecule has 1 saturated heterocycles. The first-order valence-corrected chi connectivity index (χ1v) is 11.0. The van der Waals surface area contributed by atoms with E-state index in [1.165, 1.54) is 25.1 Å². The van der Waals surface area contributed by atoms with Crippen molar-refractivity contribution in [2.45, 2.75) is 58.4 Å². The average Bonchev–Trinajstić information content (AvgIpc) is 2.82. The number of carbonyl (C=O) groups excluding carboxylic acids is 4. The lowest BCUT2D eigenvalue weighted by Gasteiger charge is -2.44. The summed E-state index contributed by atoms with van der Waals surface area (Å²) in [7, 11) is 0. The molecule has 0 N–H and O–H groups in total. The van der Waals surface area contributed by atoms with E-state index in [2.05, 4.69) is 0 Å². The minimum absolute atomic E-state index is 0.0519. The summed E-state index contributed by atoms with van der Waals surface area (Å²) < 4.78 is 38.0. The zero-order chi connectivity index (χ0) is 27.5. The van der Waals surface area contributed by atoms with Gasteiger partial charge in [0.2, 0.25) is 0 Å². The second-order valence-electron chi connectivity index (χ2n) is 7.72. The summed E-state index contributed by atoms with van der Waals surface area (Å²) in [6.45, 7) is 3.96. The van der Waals surface area contributed by atoms with Gasteiger partial charge in [-0.3, -0.25) is 19.2 Å². The van der Waals surface area contributed by atoms with Crippen LogP contribution in [0.1, 0.15) is 38.8 Å². The molecule has 13 nitrogen and oxygen atoms in total. The summed E-state index contributed by atoms with van der Waals surface area (Å²) in [6, 6.07) is 8.14. The third-order valence-electron chi connectivity index (χ3n) is 4.81. The van der Waals surface area contributed by atoms with Crippen LogP contribution >= 0.6 is 0 Å². The van der Waals surface area contributed by atoms with Crippen LogP contribution in [0.4, 0.5) is 0 Å². The Morgan fingerprint density at radius 2 is 1.41 bits per heavy atom. The van der Waals surface area contributed by atoms with Gasteiger partial charge in [0.05, 0.1) is 17.7 Å². The molecule has 1 heterocycles. The second-order valence-corrected chi connectivity index (χ2v) is 7.72. The normalized spacial score (nSPS) is 22.5. The molecule has 1 aliphatic heterocycles. The van der Waals surface area contributed by atoms with Gasteiger partial charge in [0.15, 0.2) is 24.6 Å². The van der Waals surface area contributed by atoms with Crippen molar-refractivity contribution >= 4 is 23.9 Å². The van der Waals surface area contributed by atoms with Crippen LogP contribution in [-0.2, 0) is 47.6 Å². The van der Waals surface area contributed by atoms with E-state index in [1.807, 2.05) is 12.1 Å². The predicted octanol–water partition coefficient (Wildman–Crippen LogP) is 0.908. The zero-order valence-corrected chi connectivity index (χ0v) is 20.6. The fourth-order valence-electron chi connectivity index (χ4n) is 3.45. The lowest BCUT2D eigenvalue weighted by atomic mass is 9.98. The number of esters is 4. The Hall–Kier alpha value is -4.20. The largest absolute Gasteiger partial charge is 0.491 e. The van der Waals surface area contributed by atoms with Crippen LogP contribution in [0.5, 0.6) is 5.75 Å². The Balaban J connectivity index is 2.22. The molecule has 0 saturated carbocycles. The number of rotatable bonds is 10. The van der Waals surface area contributed by atoms with Crippen LogP contribution in [0, 0.1) is 22.7 Å². The molecule has 0 amide bonds. The first-order valence-electron chi connectivity index (χ1n) is 11.0. The van der Waals surface area contributed by atoms with Crippen LogP contribution in [0.25, 0.3) is 0 Å². The van der Waals surface area contributed by atoms with Crippen LogP contribution in [0.15, 0.2) is 18.2 Å². The highest BCUT2D eigenvalue weighted by molar-refractivity contribution is 5.68. The van der Waals surface area contributed by atoms with Gasteiger partial charge in [0.25, 0.3) is 0 Å². The maximum absolute atomic E-state index is 11.8. The topological polar surface area (TPSA) is 180 Å². The fourth-order valence-corrected chi connectivity index (χ4v) is 3.45. The van der Waals surface area contributed by atoms with Gasteiger partial charge in [-0.2, -0.15) is 10.5 Å². The molecule has 198 valence electrons. The van der Waals surface area contributed by atoms with Gasteiger partial charge in [-0.05, 0) is 18.2 Å². The third-order valence-corrected chi connectivity index (χ3v) is 4.81. The molecule has 37 heavy (non-hydrogen) atoms. The SMILES string of the molecule is CC(=O)OCC1O[C@@H](OCCOc2ccc(C#N)c(C#N)c2)C(OC(C)=O)C(OC(C)=O)[C@H]1OC(C)=O. The first-order chi connectivity index (χ1) is 17.5. The van der Waals surface area contributed by atoms with E-state index in [9.17, 15) is 19.2 Å². The van der Waals surface area contributed by atoms with E-state index in [4.69, 9.17) is 43.7 Å². The van der Waals surface area contributed by atoms with Gasteiger partial charge in [-0.1, -0.05) is 0 Å². The number of hydrogen-bond donors (Lipinski definition) is 0. The average molecular weight is 518 g/mol. The monoisotopic (exact) mass is 518 g/mol. The van der Waals surface area contributed by atoms with Crippen LogP contribution in [0.2, 0.25) is 0 Å². The Morgan fingerprint density at radius 3 is 1.97 bits per heavy atom. The van der Waals surface area contributed by atoms with E-state index in [-0.39, 0.29) is 30.9 Å². The molecule has 0 radical (unpaired) electrons. The molecule has 1 aromatic rings. The molecule has 0 spiro atoms. The highest BCUT2D eigenvalue weighted by Gasteiger charge is 2.52. The maximum Gasteiger partial charge on any atom is 0.303 e. The summed E-state index contributed by atoms with van der Waals surface area (Å²) >= 11 is 0. The van der Waals surface area contributed by atoms with Crippen molar-refractivity contribution in [3.63, 3.8) is 0 Å². The van der Waals surface area contributed by atoms with E-state index in [1.54, 1.807) is 0 Å². The highest BCUT2D eigenvalue weighted by Crippen LogP contribution is 2.30. The molecule has 2 rings (SSSR count). The summed E-state index contributed by atoms with van der Waals surface area (Å²) in [5, 5.41) is 18.2. The van der Waals surface area contributed by atoms with E-state index in [0.717, 1.165) is 20.8 Å². The van der Waals surface area contributed by atoms with Gasteiger partial charge in [0.1, 0.15) is 37.2 Å². The van der Waals surface area contributed by atoms with Crippen LogP contribution in [0.3, 0.4) is 0 Å². The summed E-state index contributed by atoms with van der Waals surface area (Å²) in [4.78, 5) is 46.8. The minimum atomic E-state index is -1.35. The molecule has 1 fully saturated rings. The smallest absolute Gasteiger partial charge is 0.303 e. The number of hydrogen-bond acceptors (Lipinski definition) is 13. The molecular formula is C24H26N2O11. The molecule has 1 aliphatic rings. The minimum Gasteiger partial charge on any atom is -0.491 e. The Kier molecular flexibility index (Phi) is 10.8. The molecule has 3 unspecified atom stereocenters. The van der Waals surface area contributed by atoms with Crippen molar-refractivity contribution < 1.29 is 52.3 Å². The lowest BCUT2D eigenvalue weighted by molar-refractivity contribution is -0.308. The predicted molar refractivity (Wildman–Crippen MR) is 119 cm³/mol. The van der Waals surface area contributed by atoms with Crippen LogP contribution < -0.4 is 4.74 Å². The van der Waals surface area contributed by atoms with Gasteiger partial charge < -0.3 is 33.2 Å². The molecule has 1 aromatic carbocycles. The number of nitrogens with zero attached hydrogens (tertiary/aromatic N) is 2. The number of nitriles is 2. The van der Waals surface area contributed by atoms with Crippen molar-refractivity contribution in [2.24, 2.45) is 0 Å². The van der Waals surface area contributed by atoms with Crippen molar-refractivity contribution in [3.05, 3.63) is 29.3 Å². The molecule has 0 bridgehead atoms. The molecule has 13 heteroatoms. The zero-order valence-electron chi connectivity index (χ0n) is 20.6. The standard InChI is InChI=1S/C24H26N2O11/c1-13(27)33-12-20-21(34-14(2)28)22(35-15(3)29)23(36-16(4)30)24(37-20)32-8-7-31-19-6-5-17(10-25)18(9-19)11-26/h5-6,9,20-24H,7-8,12H2,1-4H3/t20?,21-,22?,23?,24+/m0/s1. The number of carbonyl (C=O) groups is 4. The molecule has 0 aromatic heterocycles. The number of ether oxygens (including phenoxy) is 7. The van der Waals surface area contributed by atoms with Gasteiger partial charge in [-0.15, -0.1) is 0 Å². The summed E-state index contributed by atoms with van der Waals surface area (Å²) in [5.74, 6) is -2.59. The van der Waals surface area contributed by atoms with E-state index < -0.39 is 54.6 Å². The van der Waals surface area contributed by atoms with Crippen molar-refractivity contribution in [2.75, 3.05) is 19.8 Å². The molecule has 5 atom stereocenters.